The molecule has 2 N–H and O–H groups in total. The summed E-state index contributed by atoms with van der Waals surface area (Å²) in [4.78, 5) is 46.8. The van der Waals surface area contributed by atoms with Crippen molar-refractivity contribution in [3.8, 4) is 0 Å². The van der Waals surface area contributed by atoms with E-state index in [9.17, 15) is 14.4 Å². The van der Waals surface area contributed by atoms with Gasteiger partial charge in [0.1, 0.15) is 5.78 Å². The number of halogens is 2. The summed E-state index contributed by atoms with van der Waals surface area (Å²) in [5.41, 5.74) is 2.63. The number of fused-ring (bicyclic) bond motifs is 2. The number of anilines is 3. The Morgan fingerprint density at radius 2 is 1.67 bits per heavy atom. The largest absolute Gasteiger partial charge is 0.319 e. The Morgan fingerprint density at radius 1 is 0.929 bits per heavy atom. The van der Waals surface area contributed by atoms with Gasteiger partial charge >= 0.3 is 0 Å². The third-order valence-corrected chi connectivity index (χ3v) is 7.74. The molecule has 0 aliphatic carbocycles. The number of pyridine rings is 1. The molecule has 0 unspecified atom stereocenters. The number of piperidine rings is 1. The van der Waals surface area contributed by atoms with E-state index in [4.69, 9.17) is 0 Å². The number of carbonyl (C=O) groups excluding carboxylic acids is 3. The molecule has 3 heterocycles. The topological polar surface area (TPSA) is 94.6 Å². The van der Waals surface area contributed by atoms with Crippen molar-refractivity contribution in [1.82, 2.24) is 15.2 Å². The van der Waals surface area contributed by atoms with Crippen LogP contribution in [0.5, 0.6) is 0 Å². The molecule has 1 aromatic heterocycles. The molecule has 2 amide bonds. The Balaban J connectivity index is 0.00000242. The maximum absolute atomic E-state index is 13.6. The number of likely N-dealkylation sites (tertiary alicyclic amines) is 1. The molecule has 3 aromatic rings. The van der Waals surface area contributed by atoms with Crippen molar-refractivity contribution in [3.63, 3.8) is 0 Å². The van der Waals surface area contributed by atoms with Crippen molar-refractivity contribution in [1.29, 1.82) is 0 Å². The first-order chi connectivity index (χ1) is 19.6. The number of hydrogen-bond donors (Lipinski definition) is 2. The van der Waals surface area contributed by atoms with Crippen molar-refractivity contribution in [2.75, 3.05) is 42.9 Å². The summed E-state index contributed by atoms with van der Waals surface area (Å²) in [5.74, 6) is 1.04. The fourth-order valence-corrected chi connectivity index (χ4v) is 5.57. The van der Waals surface area contributed by atoms with E-state index in [1.54, 1.807) is 41.4 Å². The van der Waals surface area contributed by atoms with Crippen LogP contribution in [-0.2, 0) is 16.0 Å². The molecule has 2 aliphatic heterocycles. The number of rotatable bonds is 11. The minimum Gasteiger partial charge on any atom is -0.319 e. The molecule has 0 bridgehead atoms. The highest BCUT2D eigenvalue weighted by atomic mass is 35.5. The van der Waals surface area contributed by atoms with E-state index in [-0.39, 0.29) is 49.0 Å². The van der Waals surface area contributed by atoms with Crippen molar-refractivity contribution < 1.29 is 14.4 Å². The van der Waals surface area contributed by atoms with Gasteiger partial charge in [-0.1, -0.05) is 42.5 Å². The Labute approximate surface area is 260 Å². The van der Waals surface area contributed by atoms with Crippen LogP contribution in [-0.4, -0.2) is 60.2 Å². The number of benzene rings is 2. The molecular formula is C32H39Cl2N5O3. The lowest BCUT2D eigenvalue weighted by Gasteiger charge is -2.33. The monoisotopic (exact) mass is 611 g/mol. The number of para-hydroxylation sites is 1. The minimum atomic E-state index is -0.241. The second-order valence-electron chi connectivity index (χ2n) is 10.6. The number of ketones is 1. The molecule has 8 nitrogen and oxygen atoms in total. The first-order valence-electron chi connectivity index (χ1n) is 14.3. The van der Waals surface area contributed by atoms with Gasteiger partial charge in [-0.3, -0.25) is 24.2 Å². The molecule has 5 rings (SSSR count). The predicted molar refractivity (Wildman–Crippen MR) is 171 cm³/mol. The van der Waals surface area contributed by atoms with Gasteiger partial charge in [-0.15, -0.1) is 24.8 Å². The summed E-state index contributed by atoms with van der Waals surface area (Å²) in [6.07, 6.45) is 7.07. The van der Waals surface area contributed by atoms with Crippen LogP contribution in [0, 0.1) is 5.92 Å². The molecule has 1 saturated heterocycles. The summed E-state index contributed by atoms with van der Waals surface area (Å²) in [6.45, 7) is 3.68. The fourth-order valence-electron chi connectivity index (χ4n) is 5.57. The Hall–Kier alpha value is -3.30. The molecule has 42 heavy (non-hydrogen) atoms. The number of nitrogens with zero attached hydrogens (tertiary/aromatic N) is 3. The zero-order valence-corrected chi connectivity index (χ0v) is 25.3. The third-order valence-electron chi connectivity index (χ3n) is 7.74. The molecule has 0 spiro atoms. The van der Waals surface area contributed by atoms with Gasteiger partial charge in [0.05, 0.1) is 23.5 Å². The zero-order chi connectivity index (χ0) is 27.7. The molecule has 0 saturated carbocycles. The Morgan fingerprint density at radius 3 is 2.45 bits per heavy atom. The lowest BCUT2D eigenvalue weighted by molar-refractivity contribution is -0.119. The Kier molecular flexibility index (Phi) is 12.9. The number of hydrogen-bond acceptors (Lipinski definition) is 6. The van der Waals surface area contributed by atoms with Crippen LogP contribution in [0.1, 0.15) is 48.0 Å². The quantitative estimate of drug-likeness (QED) is 0.280. The number of nitrogens with one attached hydrogen (secondary N) is 2. The van der Waals surface area contributed by atoms with Crippen LogP contribution in [0.15, 0.2) is 72.9 Å². The summed E-state index contributed by atoms with van der Waals surface area (Å²) in [6, 6.07) is 20.6. The number of amides is 2. The average molecular weight is 613 g/mol. The summed E-state index contributed by atoms with van der Waals surface area (Å²) >= 11 is 0. The SMILES string of the molecule is Cl.Cl.O=C(CCNCCCC1CCN(CC(=O)N2c3ccccc3C(=O)Nc3cccnc32)CC1)Cc1ccccc1. The van der Waals surface area contributed by atoms with Crippen molar-refractivity contribution in [2.24, 2.45) is 5.92 Å². The van der Waals surface area contributed by atoms with Crippen LogP contribution < -0.4 is 15.5 Å². The van der Waals surface area contributed by atoms with Gasteiger partial charge in [-0.05, 0) is 81.1 Å². The van der Waals surface area contributed by atoms with Gasteiger partial charge in [-0.25, -0.2) is 4.98 Å². The molecule has 224 valence electrons. The smallest absolute Gasteiger partial charge is 0.257 e. The molecule has 2 aliphatic rings. The summed E-state index contributed by atoms with van der Waals surface area (Å²) in [5, 5.41) is 6.31. The fraction of sp³-hybridized carbons (Fsp3) is 0.375. The van der Waals surface area contributed by atoms with Crippen LogP contribution in [0.25, 0.3) is 0 Å². The Bertz CT molecular complexity index is 1330. The normalized spacial score (nSPS) is 14.9. The first-order valence-corrected chi connectivity index (χ1v) is 14.3. The van der Waals surface area contributed by atoms with E-state index in [0.717, 1.165) is 57.4 Å². The number of aromatic nitrogens is 1. The zero-order valence-electron chi connectivity index (χ0n) is 23.7. The molecule has 0 atom stereocenters. The predicted octanol–water partition coefficient (Wildman–Crippen LogP) is 5.44. The second-order valence-corrected chi connectivity index (χ2v) is 10.6. The molecule has 1 fully saturated rings. The second kappa shape index (κ2) is 16.4. The highest BCUT2D eigenvalue weighted by Crippen LogP contribution is 2.36. The van der Waals surface area contributed by atoms with Crippen molar-refractivity contribution in [2.45, 2.75) is 38.5 Å². The molecule has 0 radical (unpaired) electrons. The van der Waals surface area contributed by atoms with Crippen LogP contribution in [0.2, 0.25) is 0 Å². The van der Waals surface area contributed by atoms with Crippen LogP contribution in [0.4, 0.5) is 17.2 Å². The highest BCUT2D eigenvalue weighted by Gasteiger charge is 2.31. The maximum Gasteiger partial charge on any atom is 0.257 e. The minimum absolute atomic E-state index is 0. The summed E-state index contributed by atoms with van der Waals surface area (Å²) in [7, 11) is 0. The van der Waals surface area contributed by atoms with E-state index in [1.807, 2.05) is 36.4 Å². The lowest BCUT2D eigenvalue weighted by Crippen LogP contribution is -2.42. The van der Waals surface area contributed by atoms with Gasteiger partial charge in [0.25, 0.3) is 5.91 Å². The lowest BCUT2D eigenvalue weighted by atomic mass is 9.92. The first kappa shape index (κ1) is 33.2. The molecule has 2 aromatic carbocycles. The van der Waals surface area contributed by atoms with Gasteiger partial charge < -0.3 is 10.6 Å². The van der Waals surface area contributed by atoms with Gasteiger partial charge in [0.2, 0.25) is 5.91 Å². The van der Waals surface area contributed by atoms with E-state index in [1.165, 1.54) is 0 Å². The highest BCUT2D eigenvalue weighted by molar-refractivity contribution is 6.17. The molecule has 10 heteroatoms. The number of Topliss-reactive ketones (excluding diaryl/α,β-unsaturated/α-hetero) is 1. The average Bonchev–Trinajstić information content (AvgIpc) is 3.10. The van der Waals surface area contributed by atoms with Crippen LogP contribution >= 0.6 is 24.8 Å². The summed E-state index contributed by atoms with van der Waals surface area (Å²) < 4.78 is 0. The van der Waals surface area contributed by atoms with Gasteiger partial charge in [0.15, 0.2) is 5.82 Å². The molecular weight excluding hydrogens is 573 g/mol. The number of carbonyl (C=O) groups is 3. The third kappa shape index (κ3) is 8.61. The van der Waals surface area contributed by atoms with E-state index in [2.05, 4.69) is 20.5 Å². The van der Waals surface area contributed by atoms with Crippen molar-refractivity contribution >= 4 is 59.6 Å². The standard InChI is InChI=1S/C32H37N5O3.2ClH/c38-26(22-25-8-2-1-3-9-25)14-19-33-17-6-10-24-15-20-36(21-16-24)23-30(39)37-29-13-5-4-11-27(29)32(40)35-28-12-7-18-34-31(28)37;;/h1-5,7-9,11-13,18,24,33H,6,10,14-17,19-23H2,(H,35,40);2*1H. The van der Waals surface area contributed by atoms with Gasteiger partial charge in [0, 0.05) is 25.6 Å². The van der Waals surface area contributed by atoms with Crippen LogP contribution in [0.3, 0.4) is 0 Å². The van der Waals surface area contributed by atoms with E-state index in [0.29, 0.717) is 41.5 Å². The maximum atomic E-state index is 13.6. The van der Waals surface area contributed by atoms with Crippen molar-refractivity contribution in [3.05, 3.63) is 84.1 Å². The van der Waals surface area contributed by atoms with E-state index >= 15 is 0 Å². The van der Waals surface area contributed by atoms with Gasteiger partial charge in [-0.2, -0.15) is 0 Å². The van der Waals surface area contributed by atoms with E-state index < -0.39 is 0 Å².